The lowest BCUT2D eigenvalue weighted by Crippen LogP contribution is -2.13. The molecule has 0 aliphatic carbocycles. The highest BCUT2D eigenvalue weighted by atomic mass is 35.5. The average Bonchev–Trinajstić information content (AvgIpc) is 2.58. The van der Waals surface area contributed by atoms with E-state index in [1.165, 1.54) is 18.0 Å². The highest BCUT2D eigenvalue weighted by Crippen LogP contribution is 2.43. The van der Waals surface area contributed by atoms with Gasteiger partial charge in [0.15, 0.2) is 0 Å². The van der Waals surface area contributed by atoms with Gasteiger partial charge in [0.05, 0.1) is 16.0 Å². The summed E-state index contributed by atoms with van der Waals surface area (Å²) in [7, 11) is 0. The van der Waals surface area contributed by atoms with E-state index < -0.39 is 0 Å². The predicted molar refractivity (Wildman–Crippen MR) is 83.6 cm³/mol. The molecule has 102 valence electrons. The number of carbonyl (C=O) groups is 1. The van der Waals surface area contributed by atoms with Crippen LogP contribution in [0.3, 0.4) is 0 Å². The molecule has 1 aromatic carbocycles. The molecule has 1 aliphatic rings. The second kappa shape index (κ2) is 5.64. The summed E-state index contributed by atoms with van der Waals surface area (Å²) in [4.78, 5) is 16.0. The van der Waals surface area contributed by atoms with Crippen molar-refractivity contribution in [3.05, 3.63) is 57.7 Å². The number of hydrogen-bond donors (Lipinski definition) is 1. The van der Waals surface area contributed by atoms with Gasteiger partial charge in [0.2, 0.25) is 5.91 Å². The van der Waals surface area contributed by atoms with Crippen molar-refractivity contribution < 1.29 is 4.79 Å². The van der Waals surface area contributed by atoms with Crippen LogP contribution in [0.25, 0.3) is 0 Å². The lowest BCUT2D eigenvalue weighted by Gasteiger charge is -2.17. The predicted octanol–water partition coefficient (Wildman–Crippen LogP) is 4.16. The number of thioether (sulfide) groups is 1. The SMILES string of the molecule is O=C1CSC(c2ccccc2Cl)c2cc(Cl)cnc2N1. The van der Waals surface area contributed by atoms with Gasteiger partial charge in [-0.15, -0.1) is 11.8 Å². The number of hydrogen-bond acceptors (Lipinski definition) is 3. The second-order valence-corrected chi connectivity index (χ2v) is 6.29. The molecule has 3 nitrogen and oxygen atoms in total. The van der Waals surface area contributed by atoms with Crippen molar-refractivity contribution in [2.24, 2.45) is 0 Å². The normalized spacial score (nSPS) is 18.1. The molecule has 1 atom stereocenters. The van der Waals surface area contributed by atoms with Crippen LogP contribution >= 0.6 is 35.0 Å². The summed E-state index contributed by atoms with van der Waals surface area (Å²) in [6.45, 7) is 0. The molecule has 2 heterocycles. The largest absolute Gasteiger partial charge is 0.310 e. The first-order valence-corrected chi connectivity index (χ1v) is 7.77. The van der Waals surface area contributed by atoms with Gasteiger partial charge in [-0.1, -0.05) is 41.4 Å². The number of rotatable bonds is 1. The van der Waals surface area contributed by atoms with Gasteiger partial charge in [-0.3, -0.25) is 4.79 Å². The maximum atomic E-state index is 11.8. The van der Waals surface area contributed by atoms with E-state index in [1.54, 1.807) is 0 Å². The molecular formula is C14H10Cl2N2OS. The van der Waals surface area contributed by atoms with E-state index in [4.69, 9.17) is 23.2 Å². The number of nitrogens with zero attached hydrogens (tertiary/aromatic N) is 1. The number of carbonyl (C=O) groups excluding carboxylic acids is 1. The smallest absolute Gasteiger partial charge is 0.235 e. The molecule has 1 amide bonds. The second-order valence-electron chi connectivity index (χ2n) is 4.35. The Hall–Kier alpha value is -1.23. The number of anilines is 1. The molecule has 6 heteroatoms. The zero-order valence-electron chi connectivity index (χ0n) is 10.3. The standard InChI is InChI=1S/C14H10Cl2N2OS/c15-8-5-10-13(9-3-1-2-4-11(9)16)20-7-12(19)18-14(10)17-6-8/h1-6,13H,7H2,(H,17,18,19). The van der Waals surface area contributed by atoms with Gasteiger partial charge < -0.3 is 5.32 Å². The maximum absolute atomic E-state index is 11.8. The van der Waals surface area contributed by atoms with Gasteiger partial charge in [0, 0.05) is 16.8 Å². The van der Waals surface area contributed by atoms with E-state index >= 15 is 0 Å². The summed E-state index contributed by atoms with van der Waals surface area (Å²) in [5, 5.41) is 3.94. The first-order valence-electron chi connectivity index (χ1n) is 5.96. The fourth-order valence-corrected chi connectivity index (χ4v) is 3.73. The van der Waals surface area contributed by atoms with Crippen LogP contribution in [0.5, 0.6) is 0 Å². The Bertz CT molecular complexity index is 678. The fraction of sp³-hybridized carbons (Fsp3) is 0.143. The van der Waals surface area contributed by atoms with Gasteiger partial charge in [-0.05, 0) is 17.7 Å². The highest BCUT2D eigenvalue weighted by Gasteiger charge is 2.26. The quantitative estimate of drug-likeness (QED) is 0.856. The Balaban J connectivity index is 2.15. The van der Waals surface area contributed by atoms with Crippen LogP contribution in [0.1, 0.15) is 16.4 Å². The summed E-state index contributed by atoms with van der Waals surface area (Å²) in [6, 6.07) is 9.44. The number of benzene rings is 1. The number of aromatic nitrogens is 1. The molecule has 0 radical (unpaired) electrons. The molecule has 2 aromatic rings. The Labute approximate surface area is 130 Å². The number of amides is 1. The first kappa shape index (κ1) is 13.7. The minimum atomic E-state index is -0.0689. The van der Waals surface area contributed by atoms with Gasteiger partial charge in [0.1, 0.15) is 5.82 Å². The molecular weight excluding hydrogens is 315 g/mol. The van der Waals surface area contributed by atoms with Gasteiger partial charge in [-0.2, -0.15) is 0 Å². The van der Waals surface area contributed by atoms with E-state index in [2.05, 4.69) is 10.3 Å². The van der Waals surface area contributed by atoms with E-state index in [0.29, 0.717) is 21.6 Å². The number of nitrogens with one attached hydrogen (secondary N) is 1. The lowest BCUT2D eigenvalue weighted by molar-refractivity contribution is -0.113. The summed E-state index contributed by atoms with van der Waals surface area (Å²) in [5.74, 6) is 0.832. The van der Waals surface area contributed by atoms with Crippen molar-refractivity contribution in [2.45, 2.75) is 5.25 Å². The molecule has 0 bridgehead atoms. The molecule has 1 aliphatic heterocycles. The Morgan fingerprint density at radius 1 is 1.25 bits per heavy atom. The molecule has 0 saturated carbocycles. The van der Waals surface area contributed by atoms with Gasteiger partial charge >= 0.3 is 0 Å². The zero-order chi connectivity index (χ0) is 14.1. The van der Waals surface area contributed by atoms with Crippen LogP contribution in [0.4, 0.5) is 5.82 Å². The highest BCUT2D eigenvalue weighted by molar-refractivity contribution is 8.00. The van der Waals surface area contributed by atoms with Gasteiger partial charge in [-0.25, -0.2) is 4.98 Å². The van der Waals surface area contributed by atoms with Crippen LogP contribution in [0.15, 0.2) is 36.5 Å². The molecule has 1 aromatic heterocycles. The van der Waals surface area contributed by atoms with Crippen LogP contribution in [0.2, 0.25) is 10.0 Å². The molecule has 0 saturated heterocycles. The Morgan fingerprint density at radius 3 is 2.85 bits per heavy atom. The maximum Gasteiger partial charge on any atom is 0.235 e. The number of pyridine rings is 1. The van der Waals surface area contributed by atoms with Crippen molar-refractivity contribution in [1.82, 2.24) is 4.98 Å². The zero-order valence-corrected chi connectivity index (χ0v) is 12.6. The summed E-state index contributed by atoms with van der Waals surface area (Å²) >= 11 is 13.8. The molecule has 0 fully saturated rings. The molecule has 3 rings (SSSR count). The van der Waals surface area contributed by atoms with Crippen LogP contribution < -0.4 is 5.32 Å². The Morgan fingerprint density at radius 2 is 2.05 bits per heavy atom. The summed E-state index contributed by atoms with van der Waals surface area (Å²) in [6.07, 6.45) is 1.53. The van der Waals surface area contributed by atoms with Crippen LogP contribution in [0, 0.1) is 0 Å². The fourth-order valence-electron chi connectivity index (χ4n) is 2.12. The van der Waals surface area contributed by atoms with E-state index in [9.17, 15) is 4.79 Å². The first-order chi connectivity index (χ1) is 9.65. The van der Waals surface area contributed by atoms with Gasteiger partial charge in [0.25, 0.3) is 0 Å². The molecule has 1 unspecified atom stereocenters. The van der Waals surface area contributed by atoms with Crippen molar-refractivity contribution in [3.63, 3.8) is 0 Å². The topological polar surface area (TPSA) is 42.0 Å². The third kappa shape index (κ3) is 2.64. The molecule has 0 spiro atoms. The summed E-state index contributed by atoms with van der Waals surface area (Å²) in [5.41, 5.74) is 1.84. The molecule has 20 heavy (non-hydrogen) atoms. The minimum absolute atomic E-state index is 0.0659. The average molecular weight is 325 g/mol. The summed E-state index contributed by atoms with van der Waals surface area (Å²) < 4.78 is 0. The Kier molecular flexibility index (Phi) is 3.87. The van der Waals surface area contributed by atoms with E-state index in [1.807, 2.05) is 30.3 Å². The monoisotopic (exact) mass is 324 g/mol. The van der Waals surface area contributed by atoms with Crippen LogP contribution in [-0.4, -0.2) is 16.6 Å². The third-order valence-corrected chi connectivity index (χ3v) is 4.81. The van der Waals surface area contributed by atoms with Crippen LogP contribution in [-0.2, 0) is 4.79 Å². The van der Waals surface area contributed by atoms with E-state index in [-0.39, 0.29) is 11.2 Å². The van der Waals surface area contributed by atoms with Crippen molar-refractivity contribution >= 4 is 46.7 Å². The third-order valence-electron chi connectivity index (χ3n) is 2.99. The number of fused-ring (bicyclic) bond motifs is 1. The van der Waals surface area contributed by atoms with E-state index in [0.717, 1.165) is 11.1 Å². The van der Waals surface area contributed by atoms with Crippen molar-refractivity contribution in [2.75, 3.05) is 11.1 Å². The lowest BCUT2D eigenvalue weighted by atomic mass is 10.0. The van der Waals surface area contributed by atoms with Crippen molar-refractivity contribution in [1.29, 1.82) is 0 Å². The van der Waals surface area contributed by atoms with Crippen molar-refractivity contribution in [3.8, 4) is 0 Å². The molecule has 1 N–H and O–H groups in total. The number of halogens is 2. The minimum Gasteiger partial charge on any atom is -0.310 e.